The van der Waals surface area contributed by atoms with Crippen LogP contribution in [0, 0.1) is 0 Å². The number of ether oxygens (including phenoxy) is 1. The molecular weight excluding hydrogens is 404 g/mol. The fourth-order valence-corrected chi connectivity index (χ4v) is 5.29. The highest BCUT2D eigenvalue weighted by Crippen LogP contribution is 2.41. The molecule has 8 heteroatoms. The predicted octanol–water partition coefficient (Wildman–Crippen LogP) is 2.18. The zero-order valence-electron chi connectivity index (χ0n) is 17.8. The first-order valence-electron chi connectivity index (χ1n) is 10.5. The van der Waals surface area contributed by atoms with E-state index in [4.69, 9.17) is 4.74 Å². The molecule has 1 N–H and O–H groups in total. The molecule has 0 saturated carbocycles. The molecule has 0 bridgehead atoms. The molecule has 164 valence electrons. The van der Waals surface area contributed by atoms with Crippen molar-refractivity contribution < 1.29 is 22.7 Å². The summed E-state index contributed by atoms with van der Waals surface area (Å²) in [6.45, 7) is 5.62. The average molecular weight is 435 g/mol. The molecule has 0 radical (unpaired) electrons. The third-order valence-electron chi connectivity index (χ3n) is 6.03. The zero-order chi connectivity index (χ0) is 21.9. The van der Waals surface area contributed by atoms with Crippen molar-refractivity contribution in [3.05, 3.63) is 47.0 Å². The Labute approximate surface area is 178 Å². The lowest BCUT2D eigenvalue weighted by Gasteiger charge is -2.38. The Morgan fingerprint density at radius 1 is 1.23 bits per heavy atom. The molecule has 3 rings (SSSR count). The van der Waals surface area contributed by atoms with Crippen LogP contribution in [-0.2, 0) is 30.8 Å². The van der Waals surface area contributed by atoms with Gasteiger partial charge in [0.25, 0.3) is 5.91 Å². The number of hydrogen-bond donors (Lipinski definition) is 1. The van der Waals surface area contributed by atoms with Crippen LogP contribution in [0.5, 0.6) is 0 Å². The van der Waals surface area contributed by atoms with E-state index < -0.39 is 21.6 Å². The Morgan fingerprint density at radius 2 is 1.87 bits per heavy atom. The van der Waals surface area contributed by atoms with Crippen LogP contribution in [0.15, 0.2) is 41.5 Å². The summed E-state index contributed by atoms with van der Waals surface area (Å²) in [5.41, 5.74) is 0.834. The predicted molar refractivity (Wildman–Crippen MR) is 114 cm³/mol. The first kappa shape index (κ1) is 22.5. The van der Waals surface area contributed by atoms with Gasteiger partial charge in [-0.3, -0.25) is 4.79 Å². The maximum absolute atomic E-state index is 13.1. The number of sulfonamides is 1. The number of carbonyl (C=O) groups excluding carboxylic acids is 2. The lowest BCUT2D eigenvalue weighted by molar-refractivity contribution is -0.150. The monoisotopic (exact) mass is 434 g/mol. The second-order valence-corrected chi connectivity index (χ2v) is 10.3. The third kappa shape index (κ3) is 4.59. The van der Waals surface area contributed by atoms with E-state index in [1.165, 1.54) is 9.87 Å². The van der Waals surface area contributed by atoms with Crippen LogP contribution in [0.25, 0.3) is 0 Å². The summed E-state index contributed by atoms with van der Waals surface area (Å²) in [6, 6.07) is 9.98. The van der Waals surface area contributed by atoms with Crippen LogP contribution in [-0.4, -0.2) is 55.1 Å². The maximum Gasteiger partial charge on any atom is 0.335 e. The van der Waals surface area contributed by atoms with Crippen molar-refractivity contribution in [2.75, 3.05) is 18.8 Å². The first-order valence-corrected chi connectivity index (χ1v) is 12.1. The quantitative estimate of drug-likeness (QED) is 0.664. The van der Waals surface area contributed by atoms with Crippen molar-refractivity contribution in [2.24, 2.45) is 0 Å². The van der Waals surface area contributed by atoms with Crippen molar-refractivity contribution in [3.63, 3.8) is 0 Å². The highest BCUT2D eigenvalue weighted by molar-refractivity contribution is 7.89. The normalized spacial score (nSPS) is 20.3. The van der Waals surface area contributed by atoms with Gasteiger partial charge in [0.2, 0.25) is 10.0 Å². The van der Waals surface area contributed by atoms with Gasteiger partial charge in [-0.05, 0) is 39.2 Å². The lowest BCUT2D eigenvalue weighted by atomic mass is 9.83. The molecule has 1 unspecified atom stereocenters. The topological polar surface area (TPSA) is 92.8 Å². The molecule has 1 saturated heterocycles. The lowest BCUT2D eigenvalue weighted by Crippen LogP contribution is -2.51. The number of piperidine rings is 1. The fourth-order valence-electron chi connectivity index (χ4n) is 4.18. The van der Waals surface area contributed by atoms with E-state index in [1.807, 2.05) is 25.1 Å². The summed E-state index contributed by atoms with van der Waals surface area (Å²) in [5.74, 6) is -0.768. The van der Waals surface area contributed by atoms with Crippen molar-refractivity contribution in [3.8, 4) is 0 Å². The van der Waals surface area contributed by atoms with Gasteiger partial charge in [0.1, 0.15) is 5.60 Å². The van der Waals surface area contributed by atoms with Crippen LogP contribution in [0.2, 0.25) is 0 Å². The molecule has 1 amide bonds. The molecule has 30 heavy (non-hydrogen) atoms. The Kier molecular flexibility index (Phi) is 6.67. The summed E-state index contributed by atoms with van der Waals surface area (Å²) in [7, 11) is -3.31. The highest BCUT2D eigenvalue weighted by Gasteiger charge is 2.51. The van der Waals surface area contributed by atoms with Gasteiger partial charge >= 0.3 is 5.97 Å². The minimum Gasteiger partial charge on any atom is -0.450 e. The van der Waals surface area contributed by atoms with E-state index in [0.29, 0.717) is 11.1 Å². The zero-order valence-corrected chi connectivity index (χ0v) is 18.6. The molecule has 0 aliphatic carbocycles. The van der Waals surface area contributed by atoms with E-state index in [9.17, 15) is 18.0 Å². The molecule has 1 aromatic rings. The van der Waals surface area contributed by atoms with Gasteiger partial charge in [0.05, 0.1) is 11.3 Å². The van der Waals surface area contributed by atoms with Gasteiger partial charge in [-0.1, -0.05) is 30.3 Å². The summed E-state index contributed by atoms with van der Waals surface area (Å²) >= 11 is 0. The number of esters is 1. The first-order chi connectivity index (χ1) is 14.2. The SMILES string of the molecule is CCS(=O)(=O)N1CCC2(CC1)OC(=O)C(C)=C2C(=O)NC(C)CCc1ccccc1. The van der Waals surface area contributed by atoms with Crippen molar-refractivity contribution in [1.82, 2.24) is 9.62 Å². The van der Waals surface area contributed by atoms with Gasteiger partial charge in [0.15, 0.2) is 0 Å². The van der Waals surface area contributed by atoms with Crippen molar-refractivity contribution in [2.45, 2.75) is 58.1 Å². The van der Waals surface area contributed by atoms with E-state index in [2.05, 4.69) is 17.4 Å². The summed E-state index contributed by atoms with van der Waals surface area (Å²) in [5, 5.41) is 3.01. The van der Waals surface area contributed by atoms with Crippen molar-refractivity contribution >= 4 is 21.9 Å². The number of carbonyl (C=O) groups is 2. The van der Waals surface area contributed by atoms with E-state index in [1.54, 1.807) is 13.8 Å². The van der Waals surface area contributed by atoms with Gasteiger partial charge in [-0.25, -0.2) is 17.5 Å². The van der Waals surface area contributed by atoms with Gasteiger partial charge in [0, 0.05) is 37.5 Å². The van der Waals surface area contributed by atoms with Crippen LogP contribution in [0.4, 0.5) is 0 Å². The number of aryl methyl sites for hydroxylation is 1. The van der Waals surface area contributed by atoms with E-state index in [-0.39, 0.29) is 43.6 Å². The Hall–Kier alpha value is -2.19. The van der Waals surface area contributed by atoms with Crippen LogP contribution >= 0.6 is 0 Å². The standard InChI is InChI=1S/C22H30N2O5S/c1-4-30(27,28)24-14-12-22(13-15-24)19(17(3)21(26)29-22)20(25)23-16(2)10-11-18-8-6-5-7-9-18/h5-9,16H,4,10-15H2,1-3H3,(H,23,25). The van der Waals surface area contributed by atoms with Gasteiger partial charge in [-0.2, -0.15) is 0 Å². The minimum absolute atomic E-state index is 0.0287. The Morgan fingerprint density at radius 3 is 2.47 bits per heavy atom. The fraction of sp³-hybridized carbons (Fsp3) is 0.545. The average Bonchev–Trinajstić information content (AvgIpc) is 2.97. The molecule has 1 atom stereocenters. The number of rotatable bonds is 7. The van der Waals surface area contributed by atoms with Crippen LogP contribution in [0.3, 0.4) is 0 Å². The molecule has 1 spiro atoms. The number of nitrogens with zero attached hydrogens (tertiary/aromatic N) is 1. The second kappa shape index (κ2) is 8.89. The second-order valence-electron chi connectivity index (χ2n) is 8.08. The molecule has 2 heterocycles. The maximum atomic E-state index is 13.1. The Balaban J connectivity index is 1.68. The van der Waals surface area contributed by atoms with Crippen LogP contribution < -0.4 is 5.32 Å². The molecule has 2 aliphatic rings. The third-order valence-corrected chi connectivity index (χ3v) is 7.91. The van der Waals surface area contributed by atoms with E-state index >= 15 is 0 Å². The van der Waals surface area contributed by atoms with Gasteiger partial charge < -0.3 is 10.1 Å². The number of benzene rings is 1. The molecular formula is C22H30N2O5S. The molecule has 1 aromatic carbocycles. The number of amides is 1. The summed E-state index contributed by atoms with van der Waals surface area (Å²) < 4.78 is 31.4. The Bertz CT molecular complexity index is 932. The van der Waals surface area contributed by atoms with Crippen molar-refractivity contribution in [1.29, 1.82) is 0 Å². The highest BCUT2D eigenvalue weighted by atomic mass is 32.2. The number of nitrogens with one attached hydrogen (secondary N) is 1. The molecule has 7 nitrogen and oxygen atoms in total. The van der Waals surface area contributed by atoms with E-state index in [0.717, 1.165) is 12.8 Å². The summed E-state index contributed by atoms with van der Waals surface area (Å²) in [6.07, 6.45) is 2.18. The summed E-state index contributed by atoms with van der Waals surface area (Å²) in [4.78, 5) is 25.4. The minimum atomic E-state index is -3.31. The molecule has 2 aliphatic heterocycles. The smallest absolute Gasteiger partial charge is 0.335 e. The number of hydrogen-bond acceptors (Lipinski definition) is 5. The van der Waals surface area contributed by atoms with Crippen LogP contribution in [0.1, 0.15) is 45.6 Å². The molecule has 0 aromatic heterocycles. The largest absolute Gasteiger partial charge is 0.450 e. The van der Waals surface area contributed by atoms with Gasteiger partial charge in [-0.15, -0.1) is 0 Å². The molecule has 1 fully saturated rings.